The third-order valence-electron chi connectivity index (χ3n) is 5.10. The van der Waals surface area contributed by atoms with Crippen molar-refractivity contribution >= 4 is 5.91 Å². The summed E-state index contributed by atoms with van der Waals surface area (Å²) < 4.78 is 7.23. The van der Waals surface area contributed by atoms with E-state index in [1.165, 1.54) is 0 Å². The number of piperidine rings is 1. The zero-order valence-electron chi connectivity index (χ0n) is 13.8. The Morgan fingerprint density at radius 1 is 1.33 bits per heavy atom. The highest BCUT2D eigenvalue weighted by Crippen LogP contribution is 2.38. The molecule has 0 saturated carbocycles. The number of carbonyl (C=O) groups is 1. The van der Waals surface area contributed by atoms with Crippen LogP contribution in [0, 0.1) is 12.3 Å². The molecule has 1 spiro atoms. The Hall–Kier alpha value is -2.28. The summed E-state index contributed by atoms with van der Waals surface area (Å²) in [6, 6.07) is 7.50. The van der Waals surface area contributed by atoms with Crippen LogP contribution in [0.15, 0.2) is 24.3 Å². The predicted molar refractivity (Wildman–Crippen MR) is 86.9 cm³/mol. The summed E-state index contributed by atoms with van der Waals surface area (Å²) in [5.74, 6) is 0.771. The Kier molecular flexibility index (Phi) is 3.80. The van der Waals surface area contributed by atoms with Gasteiger partial charge in [0, 0.05) is 30.7 Å². The quantitative estimate of drug-likeness (QED) is 0.838. The standard InChI is InChI=1S/C17H21N5O2/c1-13-18-19-20-22(13)15-5-2-4-14(10-15)16(23)21-8-3-6-17(11-21)7-9-24-12-17/h2,4-5,10H,3,6-9,11-12H2,1H3/t17-/m1/s1. The van der Waals surface area contributed by atoms with Crippen molar-refractivity contribution < 1.29 is 9.53 Å². The number of hydrogen-bond donors (Lipinski definition) is 0. The fourth-order valence-corrected chi connectivity index (χ4v) is 3.78. The van der Waals surface area contributed by atoms with Crippen molar-refractivity contribution in [3.63, 3.8) is 0 Å². The number of aryl methyl sites for hydroxylation is 1. The highest BCUT2D eigenvalue weighted by molar-refractivity contribution is 5.94. The number of amides is 1. The first-order valence-electron chi connectivity index (χ1n) is 8.39. The molecule has 1 amide bonds. The van der Waals surface area contributed by atoms with E-state index in [2.05, 4.69) is 15.5 Å². The van der Waals surface area contributed by atoms with Gasteiger partial charge in [0.05, 0.1) is 12.3 Å². The van der Waals surface area contributed by atoms with E-state index in [9.17, 15) is 4.79 Å². The van der Waals surface area contributed by atoms with Crippen molar-refractivity contribution in [1.29, 1.82) is 0 Å². The molecule has 1 aromatic carbocycles. The maximum absolute atomic E-state index is 13.0. The summed E-state index contributed by atoms with van der Waals surface area (Å²) in [6.45, 7) is 5.04. The van der Waals surface area contributed by atoms with Gasteiger partial charge in [-0.2, -0.15) is 4.68 Å². The van der Waals surface area contributed by atoms with Crippen LogP contribution < -0.4 is 0 Å². The van der Waals surface area contributed by atoms with Crippen molar-refractivity contribution in [3.8, 4) is 5.69 Å². The Morgan fingerprint density at radius 3 is 3.00 bits per heavy atom. The molecule has 1 aromatic heterocycles. The van der Waals surface area contributed by atoms with E-state index in [1.807, 2.05) is 36.1 Å². The monoisotopic (exact) mass is 327 g/mol. The average Bonchev–Trinajstić information content (AvgIpc) is 3.24. The van der Waals surface area contributed by atoms with Crippen LogP contribution in [0.5, 0.6) is 0 Å². The molecule has 7 nitrogen and oxygen atoms in total. The molecule has 0 unspecified atom stereocenters. The lowest BCUT2D eigenvalue weighted by atomic mass is 9.79. The number of hydrogen-bond acceptors (Lipinski definition) is 5. The Bertz CT molecular complexity index is 751. The third-order valence-corrected chi connectivity index (χ3v) is 5.10. The molecule has 0 aliphatic carbocycles. The van der Waals surface area contributed by atoms with E-state index in [4.69, 9.17) is 4.74 Å². The molecular weight excluding hydrogens is 306 g/mol. The van der Waals surface area contributed by atoms with Gasteiger partial charge in [-0.1, -0.05) is 6.07 Å². The van der Waals surface area contributed by atoms with Gasteiger partial charge in [-0.05, 0) is 54.8 Å². The number of benzene rings is 1. The molecule has 24 heavy (non-hydrogen) atoms. The van der Waals surface area contributed by atoms with Crippen LogP contribution in [0.4, 0.5) is 0 Å². The normalized spacial score (nSPS) is 23.8. The van der Waals surface area contributed by atoms with Gasteiger partial charge < -0.3 is 9.64 Å². The van der Waals surface area contributed by atoms with Gasteiger partial charge in [0.2, 0.25) is 0 Å². The van der Waals surface area contributed by atoms with Gasteiger partial charge in [-0.25, -0.2) is 0 Å². The van der Waals surface area contributed by atoms with E-state index < -0.39 is 0 Å². The molecule has 2 aliphatic heterocycles. The van der Waals surface area contributed by atoms with Crippen molar-refractivity contribution in [2.24, 2.45) is 5.41 Å². The van der Waals surface area contributed by atoms with Crippen LogP contribution >= 0.6 is 0 Å². The van der Waals surface area contributed by atoms with Gasteiger partial charge in [0.15, 0.2) is 5.82 Å². The maximum Gasteiger partial charge on any atom is 0.253 e. The molecule has 0 N–H and O–H groups in total. The highest BCUT2D eigenvalue weighted by atomic mass is 16.5. The zero-order valence-corrected chi connectivity index (χ0v) is 13.8. The van der Waals surface area contributed by atoms with Gasteiger partial charge in [0.25, 0.3) is 5.91 Å². The van der Waals surface area contributed by atoms with E-state index in [-0.39, 0.29) is 11.3 Å². The Labute approximate surface area is 140 Å². The molecular formula is C17H21N5O2. The first-order chi connectivity index (χ1) is 11.7. The van der Waals surface area contributed by atoms with E-state index in [0.29, 0.717) is 11.4 Å². The van der Waals surface area contributed by atoms with E-state index >= 15 is 0 Å². The highest BCUT2D eigenvalue weighted by Gasteiger charge is 2.40. The van der Waals surface area contributed by atoms with Gasteiger partial charge in [-0.3, -0.25) is 4.79 Å². The fraction of sp³-hybridized carbons (Fsp3) is 0.529. The van der Waals surface area contributed by atoms with Crippen molar-refractivity contribution in [2.75, 3.05) is 26.3 Å². The molecule has 126 valence electrons. The number of aromatic nitrogens is 4. The van der Waals surface area contributed by atoms with Crippen molar-refractivity contribution in [2.45, 2.75) is 26.2 Å². The molecule has 4 rings (SSSR count). The predicted octanol–water partition coefficient (Wildman–Crippen LogP) is 1.61. The SMILES string of the molecule is Cc1nnnn1-c1cccc(C(=O)N2CCC[C@@]3(CCOC3)C2)c1. The lowest BCUT2D eigenvalue weighted by Gasteiger charge is -2.39. The number of carbonyl (C=O) groups excluding carboxylic acids is 1. The summed E-state index contributed by atoms with van der Waals surface area (Å²) in [5, 5.41) is 11.5. The third kappa shape index (κ3) is 2.69. The number of tetrazole rings is 1. The molecule has 1 atom stereocenters. The first kappa shape index (κ1) is 15.3. The number of rotatable bonds is 2. The first-order valence-corrected chi connectivity index (χ1v) is 8.39. The summed E-state index contributed by atoms with van der Waals surface area (Å²) in [6.07, 6.45) is 3.25. The molecule has 0 radical (unpaired) electrons. The Balaban J connectivity index is 1.57. The van der Waals surface area contributed by atoms with Crippen LogP contribution in [0.1, 0.15) is 35.4 Å². The van der Waals surface area contributed by atoms with Crippen molar-refractivity contribution in [3.05, 3.63) is 35.7 Å². The summed E-state index contributed by atoms with van der Waals surface area (Å²) in [4.78, 5) is 14.9. The lowest BCUT2D eigenvalue weighted by molar-refractivity contribution is 0.0462. The molecule has 0 bridgehead atoms. The molecule has 3 heterocycles. The Morgan fingerprint density at radius 2 is 2.25 bits per heavy atom. The second-order valence-electron chi connectivity index (χ2n) is 6.82. The topological polar surface area (TPSA) is 73.1 Å². The summed E-state index contributed by atoms with van der Waals surface area (Å²) >= 11 is 0. The van der Waals surface area contributed by atoms with Crippen molar-refractivity contribution in [1.82, 2.24) is 25.1 Å². The van der Waals surface area contributed by atoms with Gasteiger partial charge in [0.1, 0.15) is 0 Å². The van der Waals surface area contributed by atoms with Crippen LogP contribution in [0.2, 0.25) is 0 Å². The second kappa shape index (κ2) is 5.98. The second-order valence-corrected chi connectivity index (χ2v) is 6.82. The molecule has 2 aromatic rings. The summed E-state index contributed by atoms with van der Waals surface area (Å²) in [5.41, 5.74) is 1.65. The fourth-order valence-electron chi connectivity index (χ4n) is 3.78. The largest absolute Gasteiger partial charge is 0.381 e. The minimum absolute atomic E-state index is 0.0774. The molecule has 2 aliphatic rings. The van der Waals surface area contributed by atoms with Crippen LogP contribution in [0.3, 0.4) is 0 Å². The molecule has 7 heteroatoms. The minimum Gasteiger partial charge on any atom is -0.381 e. The van der Waals surface area contributed by atoms with Gasteiger partial charge in [-0.15, -0.1) is 5.10 Å². The number of ether oxygens (including phenoxy) is 1. The summed E-state index contributed by atoms with van der Waals surface area (Å²) in [7, 11) is 0. The number of likely N-dealkylation sites (tertiary alicyclic amines) is 1. The van der Waals surface area contributed by atoms with Crippen LogP contribution in [0.25, 0.3) is 5.69 Å². The van der Waals surface area contributed by atoms with Gasteiger partial charge >= 0.3 is 0 Å². The lowest BCUT2D eigenvalue weighted by Crippen LogP contribution is -2.46. The number of nitrogens with zero attached hydrogens (tertiary/aromatic N) is 5. The van der Waals surface area contributed by atoms with E-state index in [0.717, 1.165) is 51.3 Å². The average molecular weight is 327 g/mol. The molecule has 2 saturated heterocycles. The van der Waals surface area contributed by atoms with Crippen LogP contribution in [-0.4, -0.2) is 57.3 Å². The zero-order chi connectivity index (χ0) is 16.6. The smallest absolute Gasteiger partial charge is 0.253 e. The minimum atomic E-state index is 0.0774. The maximum atomic E-state index is 13.0. The van der Waals surface area contributed by atoms with E-state index in [1.54, 1.807) is 4.68 Å². The van der Waals surface area contributed by atoms with Crippen LogP contribution in [-0.2, 0) is 4.74 Å². The molecule has 2 fully saturated rings.